The SMILES string of the molecule is COc1cccc(C(=O)N2C3CCC2CN(Cc2c(-c4ccc(Cl)cc4)nc4ccccn24)C3)n1. The molecule has 1 amide bonds. The zero-order valence-electron chi connectivity index (χ0n) is 19.5. The summed E-state index contributed by atoms with van der Waals surface area (Å²) >= 11 is 6.14. The van der Waals surface area contributed by atoms with Gasteiger partial charge in [-0.2, -0.15) is 0 Å². The second-order valence-corrected chi connectivity index (χ2v) is 9.64. The molecule has 4 aromatic rings. The van der Waals surface area contributed by atoms with Crippen molar-refractivity contribution in [1.82, 2.24) is 24.2 Å². The van der Waals surface area contributed by atoms with E-state index in [1.807, 2.05) is 53.4 Å². The first kappa shape index (κ1) is 22.1. The van der Waals surface area contributed by atoms with E-state index in [1.54, 1.807) is 19.2 Å². The molecule has 178 valence electrons. The fourth-order valence-corrected chi connectivity index (χ4v) is 5.61. The van der Waals surface area contributed by atoms with Gasteiger partial charge in [-0.15, -0.1) is 0 Å². The van der Waals surface area contributed by atoms with E-state index in [0.29, 0.717) is 16.6 Å². The van der Waals surface area contributed by atoms with Crippen LogP contribution in [0.15, 0.2) is 66.9 Å². The number of carbonyl (C=O) groups excluding carboxylic acids is 1. The van der Waals surface area contributed by atoms with E-state index < -0.39 is 0 Å². The number of methoxy groups -OCH3 is 1. The van der Waals surface area contributed by atoms with Crippen LogP contribution in [0, 0.1) is 0 Å². The van der Waals surface area contributed by atoms with Crippen molar-refractivity contribution in [3.05, 3.63) is 83.3 Å². The maximum Gasteiger partial charge on any atom is 0.273 e. The Bertz CT molecular complexity index is 1370. The van der Waals surface area contributed by atoms with Gasteiger partial charge in [0.2, 0.25) is 5.88 Å². The van der Waals surface area contributed by atoms with Crippen molar-refractivity contribution in [2.75, 3.05) is 20.2 Å². The number of piperazine rings is 1. The number of fused-ring (bicyclic) bond motifs is 3. The molecule has 0 saturated carbocycles. The zero-order chi connectivity index (χ0) is 23.9. The number of hydrogen-bond acceptors (Lipinski definition) is 5. The van der Waals surface area contributed by atoms with Crippen LogP contribution in [-0.2, 0) is 6.54 Å². The Kier molecular flexibility index (Phi) is 5.66. The van der Waals surface area contributed by atoms with Gasteiger partial charge in [0.25, 0.3) is 5.91 Å². The normalized spacial score (nSPS) is 19.9. The van der Waals surface area contributed by atoms with Gasteiger partial charge in [0.15, 0.2) is 0 Å². The number of pyridine rings is 2. The van der Waals surface area contributed by atoms with Crippen molar-refractivity contribution in [2.45, 2.75) is 31.5 Å². The number of amides is 1. The molecular formula is C27H26ClN5O2. The minimum absolute atomic E-state index is 0.00675. The summed E-state index contributed by atoms with van der Waals surface area (Å²) in [5, 5.41) is 0.710. The third-order valence-corrected chi connectivity index (χ3v) is 7.32. The highest BCUT2D eigenvalue weighted by Crippen LogP contribution is 2.34. The predicted molar refractivity (Wildman–Crippen MR) is 135 cm³/mol. The first-order chi connectivity index (χ1) is 17.1. The molecule has 0 N–H and O–H groups in total. The van der Waals surface area contributed by atoms with Gasteiger partial charge in [-0.05, 0) is 43.2 Å². The van der Waals surface area contributed by atoms with Gasteiger partial charge in [-0.3, -0.25) is 9.69 Å². The molecule has 0 radical (unpaired) electrons. The van der Waals surface area contributed by atoms with E-state index in [1.165, 1.54) is 0 Å². The Labute approximate surface area is 208 Å². The lowest BCUT2D eigenvalue weighted by molar-refractivity contribution is 0.0396. The van der Waals surface area contributed by atoms with E-state index in [2.05, 4.69) is 20.5 Å². The molecule has 2 fully saturated rings. The number of carbonyl (C=O) groups is 1. The molecule has 8 heteroatoms. The van der Waals surface area contributed by atoms with Gasteiger partial charge in [-0.1, -0.05) is 35.9 Å². The van der Waals surface area contributed by atoms with Gasteiger partial charge in [0.05, 0.1) is 18.5 Å². The van der Waals surface area contributed by atoms with Crippen LogP contribution in [0.3, 0.4) is 0 Å². The molecule has 35 heavy (non-hydrogen) atoms. The molecule has 0 aliphatic carbocycles. The van der Waals surface area contributed by atoms with Gasteiger partial charge in [-0.25, -0.2) is 9.97 Å². The van der Waals surface area contributed by atoms with E-state index in [0.717, 1.165) is 55.1 Å². The molecule has 2 aliphatic rings. The van der Waals surface area contributed by atoms with Crippen LogP contribution in [-0.4, -0.2) is 62.4 Å². The van der Waals surface area contributed by atoms with E-state index >= 15 is 0 Å². The molecule has 2 bridgehead atoms. The van der Waals surface area contributed by atoms with Crippen LogP contribution < -0.4 is 4.74 Å². The fourth-order valence-electron chi connectivity index (χ4n) is 5.48. The predicted octanol–water partition coefficient (Wildman–Crippen LogP) is 4.55. The number of halogens is 1. The summed E-state index contributed by atoms with van der Waals surface area (Å²) in [6.45, 7) is 2.41. The molecule has 2 aliphatic heterocycles. The van der Waals surface area contributed by atoms with Crippen molar-refractivity contribution < 1.29 is 9.53 Å². The molecular weight excluding hydrogens is 462 g/mol. The van der Waals surface area contributed by atoms with Crippen LogP contribution in [0.5, 0.6) is 5.88 Å². The quantitative estimate of drug-likeness (QED) is 0.413. The monoisotopic (exact) mass is 487 g/mol. The summed E-state index contributed by atoms with van der Waals surface area (Å²) < 4.78 is 7.39. The molecule has 2 saturated heterocycles. The third-order valence-electron chi connectivity index (χ3n) is 7.06. The summed E-state index contributed by atoms with van der Waals surface area (Å²) in [5.74, 6) is 0.455. The molecule has 2 unspecified atom stereocenters. The zero-order valence-corrected chi connectivity index (χ0v) is 20.2. The summed E-state index contributed by atoms with van der Waals surface area (Å²) in [4.78, 5) is 27.2. The van der Waals surface area contributed by atoms with Crippen LogP contribution in [0.1, 0.15) is 29.0 Å². The van der Waals surface area contributed by atoms with Gasteiger partial charge < -0.3 is 14.0 Å². The van der Waals surface area contributed by atoms with Crippen molar-refractivity contribution >= 4 is 23.2 Å². The highest BCUT2D eigenvalue weighted by atomic mass is 35.5. The van der Waals surface area contributed by atoms with Gasteiger partial charge >= 0.3 is 0 Å². The number of benzene rings is 1. The highest BCUT2D eigenvalue weighted by Gasteiger charge is 2.43. The second kappa shape index (κ2) is 8.98. The average molecular weight is 488 g/mol. The van der Waals surface area contributed by atoms with Crippen LogP contribution in [0.2, 0.25) is 5.02 Å². The lowest BCUT2D eigenvalue weighted by Crippen LogP contribution is -2.55. The maximum atomic E-state index is 13.4. The number of rotatable bonds is 5. The molecule has 1 aromatic carbocycles. The second-order valence-electron chi connectivity index (χ2n) is 9.20. The van der Waals surface area contributed by atoms with Crippen molar-refractivity contribution in [3.63, 3.8) is 0 Å². The van der Waals surface area contributed by atoms with Crippen LogP contribution in [0.25, 0.3) is 16.9 Å². The summed E-state index contributed by atoms with van der Waals surface area (Å²) in [5.41, 5.74) is 4.54. The minimum atomic E-state index is -0.00675. The van der Waals surface area contributed by atoms with E-state index in [9.17, 15) is 4.79 Å². The van der Waals surface area contributed by atoms with Crippen LogP contribution in [0.4, 0.5) is 0 Å². The molecule has 6 rings (SSSR count). The van der Waals surface area contributed by atoms with Crippen LogP contribution >= 0.6 is 11.6 Å². The highest BCUT2D eigenvalue weighted by molar-refractivity contribution is 6.30. The number of likely N-dealkylation sites (tertiary alicyclic amines) is 1. The smallest absolute Gasteiger partial charge is 0.273 e. The summed E-state index contributed by atoms with van der Waals surface area (Å²) in [6, 6.07) is 19.6. The summed E-state index contributed by atoms with van der Waals surface area (Å²) in [6.07, 6.45) is 4.09. The topological polar surface area (TPSA) is 63.0 Å². The number of imidazole rings is 1. The minimum Gasteiger partial charge on any atom is -0.481 e. The standard InChI is InChI=1S/C27H26ClN5O2/c1-35-25-7-4-5-22(29-25)27(34)33-20-12-13-21(33)16-31(15-20)17-23-26(18-8-10-19(28)11-9-18)30-24-6-2-3-14-32(23)24/h2-11,14,20-21H,12-13,15-17H2,1H3. The lowest BCUT2D eigenvalue weighted by Gasteiger charge is -2.41. The largest absolute Gasteiger partial charge is 0.481 e. The first-order valence-electron chi connectivity index (χ1n) is 11.9. The maximum absolute atomic E-state index is 13.4. The summed E-state index contributed by atoms with van der Waals surface area (Å²) in [7, 11) is 1.57. The number of nitrogens with zero attached hydrogens (tertiary/aromatic N) is 5. The van der Waals surface area contributed by atoms with Gasteiger partial charge in [0, 0.05) is 54.6 Å². The molecule has 0 spiro atoms. The van der Waals surface area contributed by atoms with E-state index in [-0.39, 0.29) is 18.0 Å². The van der Waals surface area contributed by atoms with Crippen molar-refractivity contribution in [2.24, 2.45) is 0 Å². The molecule has 7 nitrogen and oxygen atoms in total. The Morgan fingerprint density at radius 3 is 2.51 bits per heavy atom. The Hall–Kier alpha value is -3.42. The Morgan fingerprint density at radius 1 is 1.00 bits per heavy atom. The fraction of sp³-hybridized carbons (Fsp3) is 0.296. The molecule has 3 aromatic heterocycles. The number of ether oxygens (including phenoxy) is 1. The van der Waals surface area contributed by atoms with Crippen molar-refractivity contribution in [3.8, 4) is 17.1 Å². The average Bonchev–Trinajstić information content (AvgIpc) is 3.38. The molecule has 5 heterocycles. The molecule has 2 atom stereocenters. The number of aromatic nitrogens is 3. The lowest BCUT2D eigenvalue weighted by atomic mass is 10.1. The van der Waals surface area contributed by atoms with E-state index in [4.69, 9.17) is 21.3 Å². The first-order valence-corrected chi connectivity index (χ1v) is 12.3. The van der Waals surface area contributed by atoms with Crippen molar-refractivity contribution in [1.29, 1.82) is 0 Å². The third kappa shape index (κ3) is 4.05. The Balaban J connectivity index is 1.27. The van der Waals surface area contributed by atoms with Gasteiger partial charge in [0.1, 0.15) is 11.3 Å². The Morgan fingerprint density at radius 2 is 1.77 bits per heavy atom. The number of hydrogen-bond donors (Lipinski definition) is 0.